The molecule has 0 fully saturated rings. The molecule has 0 amide bonds. The maximum Gasteiger partial charge on any atom is 0.191 e. The number of nitrogens with one attached hydrogen (secondary N) is 2. The van der Waals surface area contributed by atoms with Crippen molar-refractivity contribution in [3.63, 3.8) is 0 Å². The van der Waals surface area contributed by atoms with Crippen molar-refractivity contribution in [2.24, 2.45) is 5.10 Å². The van der Waals surface area contributed by atoms with Gasteiger partial charge in [-0.1, -0.05) is 48.5 Å². The van der Waals surface area contributed by atoms with E-state index in [1.54, 1.807) is 6.21 Å². The summed E-state index contributed by atoms with van der Waals surface area (Å²) in [5.74, 6) is 0.845. The van der Waals surface area contributed by atoms with Crippen LogP contribution in [0, 0.1) is 0 Å². The quantitative estimate of drug-likeness (QED) is 0.359. The average Bonchev–Trinajstić information content (AvgIpc) is 2.71. The molecule has 0 heterocycles. The van der Waals surface area contributed by atoms with Gasteiger partial charge in [0.05, 0.1) is 12.8 Å². The summed E-state index contributed by atoms with van der Waals surface area (Å²) in [7, 11) is 0. The van der Waals surface area contributed by atoms with Crippen molar-refractivity contribution in [3.05, 3.63) is 96.1 Å². The number of nitrogens with zero attached hydrogens (tertiary/aromatic N) is 1. The third-order valence-electron chi connectivity index (χ3n) is 3.79. The van der Waals surface area contributed by atoms with Gasteiger partial charge in [-0.05, 0) is 59.7 Å². The smallest absolute Gasteiger partial charge is 0.191 e. The van der Waals surface area contributed by atoms with E-state index in [9.17, 15) is 0 Å². The van der Waals surface area contributed by atoms with E-state index >= 15 is 0 Å². The molecule has 3 rings (SSSR count). The van der Waals surface area contributed by atoms with Crippen molar-refractivity contribution in [1.82, 2.24) is 5.43 Å². The Morgan fingerprint density at radius 3 is 2.26 bits per heavy atom. The summed E-state index contributed by atoms with van der Waals surface area (Å²) in [5, 5.41) is 7.65. The lowest BCUT2D eigenvalue weighted by atomic mass is 10.2. The highest BCUT2D eigenvalue weighted by Crippen LogP contribution is 2.12. The molecule has 0 aliphatic carbocycles. The van der Waals surface area contributed by atoms with Gasteiger partial charge in [0.15, 0.2) is 5.11 Å². The van der Waals surface area contributed by atoms with E-state index in [-0.39, 0.29) is 0 Å². The number of ether oxygens (including phenoxy) is 1. The van der Waals surface area contributed by atoms with Crippen LogP contribution in [0.3, 0.4) is 0 Å². The minimum absolute atomic E-state index is 0.443. The number of anilines is 1. The van der Waals surface area contributed by atoms with Crippen LogP contribution in [-0.4, -0.2) is 17.9 Å². The summed E-state index contributed by atoms with van der Waals surface area (Å²) < 4.78 is 5.78. The molecule has 0 bridgehead atoms. The molecule has 0 spiro atoms. The lowest BCUT2D eigenvalue weighted by Crippen LogP contribution is -2.23. The summed E-state index contributed by atoms with van der Waals surface area (Å²) in [6.45, 7) is 0.651. The van der Waals surface area contributed by atoms with Crippen molar-refractivity contribution in [2.75, 3.05) is 11.9 Å². The van der Waals surface area contributed by atoms with Crippen molar-refractivity contribution >= 4 is 29.2 Å². The highest BCUT2D eigenvalue weighted by Gasteiger charge is 1.97. The monoisotopic (exact) mass is 375 g/mol. The van der Waals surface area contributed by atoms with Crippen LogP contribution in [0.25, 0.3) is 0 Å². The minimum Gasteiger partial charge on any atom is -0.493 e. The molecule has 27 heavy (non-hydrogen) atoms. The predicted octanol–water partition coefficient (Wildman–Crippen LogP) is 4.63. The Morgan fingerprint density at radius 2 is 1.56 bits per heavy atom. The largest absolute Gasteiger partial charge is 0.493 e. The molecule has 0 radical (unpaired) electrons. The van der Waals surface area contributed by atoms with E-state index < -0.39 is 0 Å². The molecule has 4 nitrogen and oxygen atoms in total. The molecule has 0 atom stereocenters. The first-order valence-corrected chi connectivity index (χ1v) is 9.12. The Bertz CT molecular complexity index is 865. The lowest BCUT2D eigenvalue weighted by Gasteiger charge is -2.07. The molecular weight excluding hydrogens is 354 g/mol. The fourth-order valence-corrected chi connectivity index (χ4v) is 2.60. The molecule has 0 saturated heterocycles. The molecule has 0 aliphatic heterocycles. The third kappa shape index (κ3) is 6.56. The number of hydrogen-bond donors (Lipinski definition) is 2. The van der Waals surface area contributed by atoms with E-state index in [2.05, 4.69) is 28.0 Å². The van der Waals surface area contributed by atoms with Gasteiger partial charge in [0.25, 0.3) is 0 Å². The first-order valence-electron chi connectivity index (χ1n) is 8.71. The van der Waals surface area contributed by atoms with Gasteiger partial charge in [-0.25, -0.2) is 0 Å². The number of rotatable bonds is 7. The molecule has 3 aromatic rings. The average molecular weight is 375 g/mol. The molecule has 0 aromatic heterocycles. The molecular formula is C22H21N3OS. The number of hydrazone groups is 1. The Hall–Kier alpha value is -3.18. The molecule has 2 N–H and O–H groups in total. The second kappa shape index (κ2) is 10.1. The second-order valence-electron chi connectivity index (χ2n) is 5.84. The van der Waals surface area contributed by atoms with Gasteiger partial charge >= 0.3 is 0 Å². The van der Waals surface area contributed by atoms with Crippen molar-refractivity contribution in [2.45, 2.75) is 6.42 Å². The van der Waals surface area contributed by atoms with Crippen LogP contribution in [0.15, 0.2) is 90.0 Å². The second-order valence-corrected chi connectivity index (χ2v) is 6.25. The van der Waals surface area contributed by atoms with E-state index in [1.165, 1.54) is 5.56 Å². The van der Waals surface area contributed by atoms with Gasteiger partial charge in [-0.2, -0.15) is 5.10 Å². The zero-order chi connectivity index (χ0) is 18.7. The van der Waals surface area contributed by atoms with Gasteiger partial charge in [0.2, 0.25) is 0 Å². The standard InChI is InChI=1S/C22H21N3OS/c27-22(24-20-9-5-2-6-10-20)25-23-17-19-11-13-21(14-12-19)26-16-15-18-7-3-1-4-8-18/h1-14,17H,15-16H2,(H2,24,25,27)/b23-17+. The van der Waals surface area contributed by atoms with Gasteiger partial charge in [0.1, 0.15) is 5.75 Å². The SMILES string of the molecule is S=C(N/N=C/c1ccc(OCCc2ccccc2)cc1)Nc1ccccc1. The maximum absolute atomic E-state index is 5.78. The van der Waals surface area contributed by atoms with Crippen LogP contribution in [0.2, 0.25) is 0 Å². The summed E-state index contributed by atoms with van der Waals surface area (Å²) in [5.41, 5.74) is 5.95. The Morgan fingerprint density at radius 1 is 0.889 bits per heavy atom. The Labute approximate surface area is 164 Å². The van der Waals surface area contributed by atoms with Crippen LogP contribution in [-0.2, 0) is 6.42 Å². The topological polar surface area (TPSA) is 45.7 Å². The van der Waals surface area contributed by atoms with Gasteiger partial charge in [-0.3, -0.25) is 5.43 Å². The van der Waals surface area contributed by atoms with Crippen molar-refractivity contribution in [3.8, 4) is 5.75 Å². The number of benzene rings is 3. The summed E-state index contributed by atoms with van der Waals surface area (Å²) in [4.78, 5) is 0. The van der Waals surface area contributed by atoms with E-state index in [0.717, 1.165) is 23.4 Å². The van der Waals surface area contributed by atoms with Crippen molar-refractivity contribution < 1.29 is 4.74 Å². The molecule has 0 aliphatic rings. The first-order chi connectivity index (χ1) is 13.3. The van der Waals surface area contributed by atoms with E-state index in [1.807, 2.05) is 72.8 Å². The Balaban J connectivity index is 1.41. The highest BCUT2D eigenvalue weighted by molar-refractivity contribution is 7.80. The Kier molecular flexibility index (Phi) is 6.95. The fraction of sp³-hybridized carbons (Fsp3) is 0.0909. The van der Waals surface area contributed by atoms with Crippen LogP contribution in [0.1, 0.15) is 11.1 Å². The summed E-state index contributed by atoms with van der Waals surface area (Å²) in [6, 6.07) is 27.8. The lowest BCUT2D eigenvalue weighted by molar-refractivity contribution is 0.322. The van der Waals surface area contributed by atoms with Gasteiger partial charge in [-0.15, -0.1) is 0 Å². The number of hydrogen-bond acceptors (Lipinski definition) is 3. The van der Waals surface area contributed by atoms with Gasteiger partial charge < -0.3 is 10.1 Å². The maximum atomic E-state index is 5.78. The summed E-state index contributed by atoms with van der Waals surface area (Å²) >= 11 is 5.20. The van der Waals surface area contributed by atoms with E-state index in [4.69, 9.17) is 17.0 Å². The van der Waals surface area contributed by atoms with Crippen LogP contribution in [0.4, 0.5) is 5.69 Å². The predicted molar refractivity (Wildman–Crippen MR) is 115 cm³/mol. The normalized spacial score (nSPS) is 10.5. The number of thiocarbonyl (C=S) groups is 1. The fourth-order valence-electron chi connectivity index (χ4n) is 2.43. The minimum atomic E-state index is 0.443. The first kappa shape index (κ1) is 18.6. The molecule has 0 unspecified atom stereocenters. The van der Waals surface area contributed by atoms with Gasteiger partial charge in [0, 0.05) is 12.1 Å². The number of para-hydroxylation sites is 1. The third-order valence-corrected chi connectivity index (χ3v) is 3.99. The zero-order valence-corrected chi connectivity index (χ0v) is 15.7. The van der Waals surface area contributed by atoms with Crippen LogP contribution in [0.5, 0.6) is 5.75 Å². The summed E-state index contributed by atoms with van der Waals surface area (Å²) in [6.07, 6.45) is 2.60. The van der Waals surface area contributed by atoms with Crippen molar-refractivity contribution in [1.29, 1.82) is 0 Å². The zero-order valence-electron chi connectivity index (χ0n) is 14.8. The molecule has 5 heteroatoms. The molecule has 3 aromatic carbocycles. The van der Waals surface area contributed by atoms with Crippen LogP contribution >= 0.6 is 12.2 Å². The highest BCUT2D eigenvalue weighted by atomic mass is 32.1. The molecule has 0 saturated carbocycles. The van der Waals surface area contributed by atoms with Crippen LogP contribution < -0.4 is 15.5 Å². The molecule has 136 valence electrons. The van der Waals surface area contributed by atoms with E-state index in [0.29, 0.717) is 11.7 Å².